The topological polar surface area (TPSA) is 102 Å². The summed E-state index contributed by atoms with van der Waals surface area (Å²) in [4.78, 5) is 13.3. The Morgan fingerprint density at radius 3 is 2.39 bits per heavy atom. The van der Waals surface area contributed by atoms with Crippen LogP contribution in [0.2, 0.25) is 0 Å². The van der Waals surface area contributed by atoms with Gasteiger partial charge in [-0.2, -0.15) is 13.2 Å². The molecular formula is C16H10F3N3O4S2. The van der Waals surface area contributed by atoms with Gasteiger partial charge in [-0.05, 0) is 12.1 Å². The number of rotatable bonds is 5. The van der Waals surface area contributed by atoms with E-state index >= 15 is 0 Å². The van der Waals surface area contributed by atoms with Gasteiger partial charge >= 0.3 is 5.51 Å². The lowest BCUT2D eigenvalue weighted by molar-refractivity contribution is -0.384. The Morgan fingerprint density at radius 1 is 1.11 bits per heavy atom. The lowest BCUT2D eigenvalue weighted by Crippen LogP contribution is -2.23. The first-order valence-electron chi connectivity index (χ1n) is 7.47. The summed E-state index contributed by atoms with van der Waals surface area (Å²) in [5.74, 6) is 0. The van der Waals surface area contributed by atoms with Crippen LogP contribution >= 0.6 is 11.3 Å². The number of nitro benzene ring substituents is 1. The Balaban J connectivity index is 1.95. The molecule has 0 aliphatic heterocycles. The molecule has 0 atom stereocenters. The van der Waals surface area contributed by atoms with Gasteiger partial charge in [0.05, 0.1) is 15.5 Å². The highest BCUT2D eigenvalue weighted by molar-refractivity contribution is 7.92. The Bertz CT molecular complexity index is 1130. The van der Waals surface area contributed by atoms with Gasteiger partial charge in [-0.25, -0.2) is 13.4 Å². The van der Waals surface area contributed by atoms with Crippen LogP contribution in [0.5, 0.6) is 0 Å². The predicted octanol–water partition coefficient (Wildman–Crippen LogP) is 4.76. The molecule has 0 saturated carbocycles. The number of benzene rings is 2. The second kappa shape index (κ2) is 7.20. The summed E-state index contributed by atoms with van der Waals surface area (Å²) < 4.78 is 61.0. The van der Waals surface area contributed by atoms with Crippen LogP contribution in [-0.2, 0) is 9.84 Å². The first kappa shape index (κ1) is 19.8. The number of sulfone groups is 1. The second-order valence-electron chi connectivity index (χ2n) is 5.41. The van der Waals surface area contributed by atoms with E-state index in [0.717, 1.165) is 23.0 Å². The molecular weight excluding hydrogens is 419 g/mol. The van der Waals surface area contributed by atoms with Gasteiger partial charge in [-0.1, -0.05) is 30.3 Å². The van der Waals surface area contributed by atoms with Crippen molar-refractivity contribution in [2.45, 2.75) is 10.4 Å². The number of thiazole rings is 1. The molecule has 28 heavy (non-hydrogen) atoms. The fourth-order valence-corrected chi connectivity index (χ4v) is 3.77. The average molecular weight is 429 g/mol. The van der Waals surface area contributed by atoms with E-state index in [1.165, 1.54) is 0 Å². The summed E-state index contributed by atoms with van der Waals surface area (Å²) in [5.41, 5.74) is -5.14. The Kier molecular flexibility index (Phi) is 5.08. The largest absolute Gasteiger partial charge is 0.501 e. The third kappa shape index (κ3) is 3.82. The molecule has 0 aliphatic rings. The summed E-state index contributed by atoms with van der Waals surface area (Å²) in [7, 11) is -5.70. The normalized spacial score (nSPS) is 12.0. The van der Waals surface area contributed by atoms with E-state index in [1.807, 2.05) is 30.3 Å². The van der Waals surface area contributed by atoms with Crippen molar-refractivity contribution in [3.8, 4) is 11.3 Å². The molecule has 146 valence electrons. The van der Waals surface area contributed by atoms with Crippen LogP contribution in [0.1, 0.15) is 0 Å². The number of anilines is 2. The molecule has 0 aliphatic carbocycles. The number of nitrogens with one attached hydrogen (secondary N) is 1. The Morgan fingerprint density at radius 2 is 1.79 bits per heavy atom. The van der Waals surface area contributed by atoms with Crippen molar-refractivity contribution in [3.05, 3.63) is 64.0 Å². The quantitative estimate of drug-likeness (QED) is 0.464. The number of hydrogen-bond acceptors (Lipinski definition) is 7. The fourth-order valence-electron chi connectivity index (χ4n) is 2.26. The predicted molar refractivity (Wildman–Crippen MR) is 97.2 cm³/mol. The maximum atomic E-state index is 12.7. The van der Waals surface area contributed by atoms with Crippen molar-refractivity contribution >= 4 is 37.7 Å². The van der Waals surface area contributed by atoms with Gasteiger partial charge in [-0.3, -0.25) is 10.1 Å². The van der Waals surface area contributed by atoms with E-state index in [2.05, 4.69) is 10.3 Å². The van der Waals surface area contributed by atoms with Gasteiger partial charge in [0.2, 0.25) is 0 Å². The highest BCUT2D eigenvalue weighted by Gasteiger charge is 2.47. The lowest BCUT2D eigenvalue weighted by Gasteiger charge is -2.09. The highest BCUT2D eigenvalue weighted by atomic mass is 32.2. The minimum atomic E-state index is -5.70. The van der Waals surface area contributed by atoms with Crippen molar-refractivity contribution in [3.63, 3.8) is 0 Å². The van der Waals surface area contributed by atoms with Gasteiger partial charge in [0.25, 0.3) is 15.5 Å². The Hall–Kier alpha value is -2.99. The molecule has 0 unspecified atom stereocenters. The van der Waals surface area contributed by atoms with E-state index in [9.17, 15) is 31.7 Å². The van der Waals surface area contributed by atoms with E-state index < -0.39 is 30.9 Å². The van der Waals surface area contributed by atoms with Gasteiger partial charge in [0.1, 0.15) is 5.69 Å². The molecule has 1 N–H and O–H groups in total. The molecule has 0 fully saturated rings. The maximum Gasteiger partial charge on any atom is 0.501 e. The van der Waals surface area contributed by atoms with Crippen LogP contribution in [0.4, 0.5) is 29.7 Å². The van der Waals surface area contributed by atoms with Gasteiger partial charge in [0.15, 0.2) is 5.13 Å². The minimum Gasteiger partial charge on any atom is -0.326 e. The standard InChI is InChI=1S/C16H10F3N3O4S2/c17-16(18,19)28(25,26)11-6-7-12(14(8-11)22(23)24)20-15-21-13(9-27-15)10-4-2-1-3-5-10/h1-9H,(H,20,21). The average Bonchev–Trinajstić information content (AvgIpc) is 3.10. The molecule has 0 saturated heterocycles. The van der Waals surface area contributed by atoms with Crippen LogP contribution in [0, 0.1) is 10.1 Å². The molecule has 0 radical (unpaired) electrons. The van der Waals surface area contributed by atoms with Crippen LogP contribution in [-0.4, -0.2) is 23.8 Å². The molecule has 3 aromatic rings. The van der Waals surface area contributed by atoms with Gasteiger partial charge in [-0.15, -0.1) is 11.3 Å². The van der Waals surface area contributed by atoms with Crippen molar-refractivity contribution in [1.82, 2.24) is 4.98 Å². The van der Waals surface area contributed by atoms with Crippen LogP contribution < -0.4 is 5.32 Å². The zero-order valence-corrected chi connectivity index (χ0v) is 15.3. The molecule has 2 aromatic carbocycles. The zero-order chi connectivity index (χ0) is 20.5. The molecule has 7 nitrogen and oxygen atoms in total. The molecule has 1 aromatic heterocycles. The number of nitrogens with zero attached hydrogens (tertiary/aromatic N) is 2. The molecule has 3 rings (SSSR count). The van der Waals surface area contributed by atoms with Crippen LogP contribution in [0.3, 0.4) is 0 Å². The zero-order valence-electron chi connectivity index (χ0n) is 13.7. The monoisotopic (exact) mass is 429 g/mol. The van der Waals surface area contributed by atoms with Crippen LogP contribution in [0.25, 0.3) is 11.3 Å². The highest BCUT2D eigenvalue weighted by Crippen LogP contribution is 2.36. The third-order valence-electron chi connectivity index (χ3n) is 3.60. The van der Waals surface area contributed by atoms with E-state index in [-0.39, 0.29) is 10.8 Å². The summed E-state index contributed by atoms with van der Waals surface area (Å²) in [6, 6.07) is 11.0. The SMILES string of the molecule is O=[N+]([O-])c1cc(S(=O)(=O)C(F)(F)F)ccc1Nc1nc(-c2ccccc2)cs1. The second-order valence-corrected chi connectivity index (χ2v) is 8.21. The lowest BCUT2D eigenvalue weighted by atomic mass is 10.2. The van der Waals surface area contributed by atoms with Crippen molar-refractivity contribution in [2.75, 3.05) is 5.32 Å². The smallest absolute Gasteiger partial charge is 0.326 e. The van der Waals surface area contributed by atoms with Crippen LogP contribution in [0.15, 0.2) is 58.8 Å². The number of nitro groups is 1. The summed E-state index contributed by atoms with van der Waals surface area (Å²) in [5, 5.41) is 15.8. The van der Waals surface area contributed by atoms with Crippen molar-refractivity contribution < 1.29 is 26.5 Å². The molecule has 12 heteroatoms. The first-order valence-corrected chi connectivity index (χ1v) is 9.83. The summed E-state index contributed by atoms with van der Waals surface area (Å²) in [6.45, 7) is 0. The Labute approximate surface area is 160 Å². The number of halogens is 3. The molecule has 0 spiro atoms. The maximum absolute atomic E-state index is 12.7. The van der Waals surface area contributed by atoms with E-state index in [1.54, 1.807) is 5.38 Å². The first-order chi connectivity index (χ1) is 13.1. The van der Waals surface area contributed by atoms with Gasteiger partial charge in [0, 0.05) is 17.0 Å². The minimum absolute atomic E-state index is 0.180. The molecule has 0 amide bonds. The van der Waals surface area contributed by atoms with Gasteiger partial charge < -0.3 is 5.32 Å². The molecule has 0 bridgehead atoms. The third-order valence-corrected chi connectivity index (χ3v) is 5.84. The van der Waals surface area contributed by atoms with E-state index in [0.29, 0.717) is 17.8 Å². The number of alkyl halides is 3. The summed E-state index contributed by atoms with van der Waals surface area (Å²) in [6.07, 6.45) is 0. The van der Waals surface area contributed by atoms with Crippen molar-refractivity contribution in [2.24, 2.45) is 0 Å². The molecule has 1 heterocycles. The number of hydrogen-bond donors (Lipinski definition) is 1. The fraction of sp³-hybridized carbons (Fsp3) is 0.0625. The summed E-state index contributed by atoms with van der Waals surface area (Å²) >= 11 is 1.13. The van der Waals surface area contributed by atoms with E-state index in [4.69, 9.17) is 0 Å². The van der Waals surface area contributed by atoms with Crippen molar-refractivity contribution in [1.29, 1.82) is 0 Å². The number of aromatic nitrogens is 1.